The molecule has 1 aromatic rings. The minimum Gasteiger partial charge on any atom is -0.480 e. The van der Waals surface area contributed by atoms with Crippen molar-refractivity contribution >= 4 is 23.5 Å². The van der Waals surface area contributed by atoms with Crippen molar-refractivity contribution in [2.45, 2.75) is 12.5 Å². The lowest BCUT2D eigenvalue weighted by Gasteiger charge is -2.15. The van der Waals surface area contributed by atoms with E-state index >= 15 is 0 Å². The van der Waals surface area contributed by atoms with Crippen LogP contribution >= 0.6 is 11.6 Å². The average Bonchev–Trinajstić information content (AvgIpc) is 2.43. The van der Waals surface area contributed by atoms with Crippen LogP contribution in [0.4, 0.5) is 0 Å². The molecule has 6 nitrogen and oxygen atoms in total. The zero-order chi connectivity index (χ0) is 15.7. The van der Waals surface area contributed by atoms with Gasteiger partial charge in [0.25, 0.3) is 0 Å². The number of hydrogen-bond donors (Lipinski definition) is 2. The van der Waals surface area contributed by atoms with Gasteiger partial charge in [-0.2, -0.15) is 0 Å². The molecule has 1 rings (SSSR count). The minimum atomic E-state index is -1.11. The fourth-order valence-electron chi connectivity index (χ4n) is 1.64. The smallest absolute Gasteiger partial charge is 0.326 e. The van der Waals surface area contributed by atoms with Crippen molar-refractivity contribution in [2.75, 3.05) is 26.9 Å². The van der Waals surface area contributed by atoms with Gasteiger partial charge in [-0.05, 0) is 17.7 Å². The minimum absolute atomic E-state index is 0.152. The third-order valence-corrected chi connectivity index (χ3v) is 2.86. The zero-order valence-corrected chi connectivity index (χ0v) is 12.4. The van der Waals surface area contributed by atoms with Crippen molar-refractivity contribution in [1.82, 2.24) is 5.32 Å². The zero-order valence-electron chi connectivity index (χ0n) is 11.7. The number of carboxylic acid groups (broad SMARTS) is 1. The summed E-state index contributed by atoms with van der Waals surface area (Å²) in [6.07, 6.45) is 0.152. The van der Waals surface area contributed by atoms with Crippen molar-refractivity contribution in [3.63, 3.8) is 0 Å². The van der Waals surface area contributed by atoms with Crippen molar-refractivity contribution in [2.24, 2.45) is 0 Å². The van der Waals surface area contributed by atoms with E-state index in [2.05, 4.69) is 5.32 Å². The Bertz CT molecular complexity index is 480. The predicted molar refractivity (Wildman–Crippen MR) is 77.4 cm³/mol. The Labute approximate surface area is 128 Å². The molecule has 2 N–H and O–H groups in total. The standard InChI is InChI=1S/C14H18ClNO5/c1-20-5-6-21-9-13(17)16-12(14(18)19)8-10-3-2-4-11(15)7-10/h2-4,7,12H,5-6,8-9H2,1H3,(H,16,17)(H,18,19)/t12-/m1/s1. The van der Waals surface area contributed by atoms with Gasteiger partial charge in [-0.15, -0.1) is 0 Å². The Hall–Kier alpha value is -1.63. The van der Waals surface area contributed by atoms with Crippen LogP contribution in [0.2, 0.25) is 5.02 Å². The molecule has 0 bridgehead atoms. The third kappa shape index (κ3) is 7.08. The monoisotopic (exact) mass is 315 g/mol. The molecule has 0 unspecified atom stereocenters. The van der Waals surface area contributed by atoms with Crippen LogP contribution in [0, 0.1) is 0 Å². The molecule has 0 saturated heterocycles. The molecule has 0 aliphatic carbocycles. The van der Waals surface area contributed by atoms with E-state index in [4.69, 9.17) is 26.2 Å². The highest BCUT2D eigenvalue weighted by atomic mass is 35.5. The largest absolute Gasteiger partial charge is 0.480 e. The second-order valence-electron chi connectivity index (χ2n) is 4.34. The number of halogens is 1. The molecule has 1 amide bonds. The number of methoxy groups -OCH3 is 1. The molecule has 0 spiro atoms. The molecule has 0 aliphatic heterocycles. The van der Waals surface area contributed by atoms with E-state index in [9.17, 15) is 9.59 Å². The van der Waals surface area contributed by atoms with E-state index in [1.807, 2.05) is 0 Å². The second-order valence-corrected chi connectivity index (χ2v) is 4.77. The van der Waals surface area contributed by atoms with Crippen LogP contribution in [0.25, 0.3) is 0 Å². The highest BCUT2D eigenvalue weighted by molar-refractivity contribution is 6.30. The van der Waals surface area contributed by atoms with E-state index in [-0.39, 0.29) is 19.6 Å². The van der Waals surface area contributed by atoms with E-state index in [0.717, 1.165) is 5.56 Å². The Morgan fingerprint density at radius 1 is 1.38 bits per heavy atom. The van der Waals surface area contributed by atoms with Gasteiger partial charge in [-0.1, -0.05) is 23.7 Å². The van der Waals surface area contributed by atoms with Crippen LogP contribution in [-0.2, 0) is 25.5 Å². The summed E-state index contributed by atoms with van der Waals surface area (Å²) in [5.74, 6) is -1.60. The Morgan fingerprint density at radius 3 is 2.76 bits per heavy atom. The van der Waals surface area contributed by atoms with Gasteiger partial charge in [-0.3, -0.25) is 4.79 Å². The summed E-state index contributed by atoms with van der Waals surface area (Å²) in [6.45, 7) is 0.441. The molecule has 1 aromatic carbocycles. The molecule has 116 valence electrons. The number of ether oxygens (including phenoxy) is 2. The second kappa shape index (κ2) is 9.33. The van der Waals surface area contributed by atoms with Gasteiger partial charge in [0.2, 0.25) is 5.91 Å². The van der Waals surface area contributed by atoms with Gasteiger partial charge in [0.1, 0.15) is 12.6 Å². The molecule has 0 radical (unpaired) electrons. The number of aliphatic carboxylic acids is 1. The quantitative estimate of drug-likeness (QED) is 0.667. The number of amides is 1. The molecule has 0 aliphatic rings. The number of carbonyl (C=O) groups is 2. The lowest BCUT2D eigenvalue weighted by atomic mass is 10.1. The van der Waals surface area contributed by atoms with E-state index in [1.54, 1.807) is 24.3 Å². The summed E-state index contributed by atoms with van der Waals surface area (Å²) >= 11 is 5.85. The summed E-state index contributed by atoms with van der Waals surface area (Å²) in [6, 6.07) is 5.82. The Morgan fingerprint density at radius 2 is 2.14 bits per heavy atom. The predicted octanol–water partition coefficient (Wildman–Crippen LogP) is 1.11. The highest BCUT2D eigenvalue weighted by Gasteiger charge is 2.20. The molecule has 0 aromatic heterocycles. The fraction of sp³-hybridized carbons (Fsp3) is 0.429. The molecule has 0 heterocycles. The van der Waals surface area contributed by atoms with Crippen molar-refractivity contribution in [3.05, 3.63) is 34.9 Å². The van der Waals surface area contributed by atoms with Crippen LogP contribution in [-0.4, -0.2) is 50.0 Å². The van der Waals surface area contributed by atoms with Crippen LogP contribution in [0.3, 0.4) is 0 Å². The van der Waals surface area contributed by atoms with Crippen LogP contribution < -0.4 is 5.32 Å². The number of carboxylic acids is 1. The van der Waals surface area contributed by atoms with E-state index in [0.29, 0.717) is 11.6 Å². The fourth-order valence-corrected chi connectivity index (χ4v) is 1.86. The molecule has 21 heavy (non-hydrogen) atoms. The maximum Gasteiger partial charge on any atom is 0.326 e. The van der Waals surface area contributed by atoms with Crippen LogP contribution in [0.5, 0.6) is 0 Å². The number of benzene rings is 1. The van der Waals surface area contributed by atoms with Gasteiger partial charge >= 0.3 is 5.97 Å². The summed E-state index contributed by atoms with van der Waals surface area (Å²) in [7, 11) is 1.52. The van der Waals surface area contributed by atoms with E-state index in [1.165, 1.54) is 7.11 Å². The number of carbonyl (C=O) groups excluding carboxylic acids is 1. The van der Waals surface area contributed by atoms with Crippen molar-refractivity contribution in [3.8, 4) is 0 Å². The molecule has 0 fully saturated rings. The number of hydrogen-bond acceptors (Lipinski definition) is 4. The molecule has 1 atom stereocenters. The molecule has 0 saturated carbocycles. The van der Waals surface area contributed by atoms with Crippen LogP contribution in [0.15, 0.2) is 24.3 Å². The SMILES string of the molecule is COCCOCC(=O)N[C@H](Cc1cccc(Cl)c1)C(=O)O. The lowest BCUT2D eigenvalue weighted by molar-refractivity contribution is -0.142. The number of nitrogens with one attached hydrogen (secondary N) is 1. The summed E-state index contributed by atoms with van der Waals surface area (Å²) in [5, 5.41) is 12.1. The summed E-state index contributed by atoms with van der Waals surface area (Å²) in [5.41, 5.74) is 0.732. The Balaban J connectivity index is 2.50. The molecular weight excluding hydrogens is 298 g/mol. The summed E-state index contributed by atoms with van der Waals surface area (Å²) < 4.78 is 9.80. The molecular formula is C14H18ClNO5. The third-order valence-electron chi connectivity index (χ3n) is 2.63. The maximum absolute atomic E-state index is 11.6. The molecule has 7 heteroatoms. The van der Waals surface area contributed by atoms with E-state index < -0.39 is 17.9 Å². The van der Waals surface area contributed by atoms with Gasteiger partial charge in [0.15, 0.2) is 0 Å². The van der Waals surface area contributed by atoms with Gasteiger partial charge in [0, 0.05) is 18.6 Å². The topological polar surface area (TPSA) is 84.9 Å². The first kappa shape index (κ1) is 17.4. The normalized spacial score (nSPS) is 11.9. The highest BCUT2D eigenvalue weighted by Crippen LogP contribution is 2.12. The first-order valence-corrected chi connectivity index (χ1v) is 6.74. The Kier molecular flexibility index (Phi) is 7.74. The van der Waals surface area contributed by atoms with Gasteiger partial charge in [-0.25, -0.2) is 4.79 Å². The summed E-state index contributed by atoms with van der Waals surface area (Å²) in [4.78, 5) is 22.8. The van der Waals surface area contributed by atoms with Gasteiger partial charge < -0.3 is 19.9 Å². The van der Waals surface area contributed by atoms with Crippen LogP contribution in [0.1, 0.15) is 5.56 Å². The van der Waals surface area contributed by atoms with Crippen molar-refractivity contribution < 1.29 is 24.2 Å². The number of rotatable bonds is 9. The average molecular weight is 316 g/mol. The van der Waals surface area contributed by atoms with Gasteiger partial charge in [0.05, 0.1) is 13.2 Å². The maximum atomic E-state index is 11.6. The lowest BCUT2D eigenvalue weighted by Crippen LogP contribution is -2.44. The first-order chi connectivity index (χ1) is 10.0. The van der Waals surface area contributed by atoms with Crippen molar-refractivity contribution in [1.29, 1.82) is 0 Å². The first-order valence-electron chi connectivity index (χ1n) is 6.36.